The summed E-state index contributed by atoms with van der Waals surface area (Å²) in [5.74, 6) is 13.0. The molecule has 0 unspecified atom stereocenters. The van der Waals surface area contributed by atoms with E-state index in [-0.39, 0.29) is 46.8 Å². The van der Waals surface area contributed by atoms with Crippen molar-refractivity contribution in [3.63, 3.8) is 0 Å². The molecule has 0 aliphatic heterocycles. The Morgan fingerprint density at radius 2 is 0.608 bits per heavy atom. The topological polar surface area (TPSA) is 237 Å². The van der Waals surface area contributed by atoms with Gasteiger partial charge in [0.1, 0.15) is 0 Å². The van der Waals surface area contributed by atoms with E-state index in [4.69, 9.17) is 6.57 Å². The standard InChI is InChI=1S/C16H23N3OS2.2C15H23BrN2OS2.C15H24N2O3S3.C14H22N2OS2.C13H21N3OS2/c1-17-15-7-5-14(6-8-15)13-16(20)18-9-4-11-21-22-12-10-19(2)3;1-17(2)8-10-20-21-11-9-18(3)15(19)12-13-4-6-14(16)7-5-13;1-18(2)9-11-21-20-10-3-8-17-15(19)12-13-4-6-14(16)7-5-13;1-17(2)9-11-22-21-10-8-16-15(18)12-13-4-6-14(7-5-13)23(3,19)20;1-16(2)9-11-19-18-10-8-15-14(17)12-13-6-4-3-5-7-13;1-16(2)7-9-19-18-8-6-15-13(17)10-12-4-3-5-14-11-12/h5-8H,4,9-13H2,2-3H3,(H,18,20);4-7H,8-12H2,1-3H3;4-7H,3,8-12H2,1-2H3,(H,17,19);4-7H,8-12H2,1-3H3,(H,16,18);3-7H,8-12H2,1-2H3,(H,15,17);3-5,11H,6-10H2,1-2H3,(H,15,17). The molecule has 0 fully saturated rings. The van der Waals surface area contributed by atoms with Gasteiger partial charge in [0.05, 0.1) is 50.0 Å². The van der Waals surface area contributed by atoms with Crippen LogP contribution in [-0.4, -0.2) is 329 Å². The van der Waals surface area contributed by atoms with Gasteiger partial charge in [-0.2, -0.15) is 0 Å². The second-order valence-corrected chi connectivity index (χ2v) is 49.4. The first-order chi connectivity index (χ1) is 59.8. The summed E-state index contributed by atoms with van der Waals surface area (Å²) in [6, 6.07) is 43.0. The maximum atomic E-state index is 12.1. The number of hydrogen-bond donors (Lipinski definition) is 5. The van der Waals surface area contributed by atoms with Gasteiger partial charge in [-0.15, -0.1) is 0 Å². The summed E-state index contributed by atoms with van der Waals surface area (Å²) in [7, 11) is 45.8. The second-order valence-electron chi connectivity index (χ2n) is 29.3. The number of pyridine rings is 1. The average molecular weight is 2090 g/mol. The number of sulfone groups is 1. The summed E-state index contributed by atoms with van der Waals surface area (Å²) in [5, 5.41) is 14.7. The summed E-state index contributed by atoms with van der Waals surface area (Å²) < 4.78 is 24.8. The zero-order valence-corrected chi connectivity index (χ0v) is 89.2. The Hall–Kier alpha value is -3.57. The van der Waals surface area contributed by atoms with Crippen LogP contribution in [0.5, 0.6) is 0 Å². The van der Waals surface area contributed by atoms with Crippen molar-refractivity contribution in [3.8, 4) is 0 Å². The normalized spacial score (nSPS) is 10.9. The van der Waals surface area contributed by atoms with Crippen LogP contribution >= 0.6 is 161 Å². The summed E-state index contributed by atoms with van der Waals surface area (Å²) in [6.45, 7) is 17.8. The average Bonchev–Trinajstić information content (AvgIpc) is 0.853. The lowest BCUT2D eigenvalue weighted by atomic mass is 10.1. The molecule has 0 saturated heterocycles. The molecule has 0 radical (unpaired) electrons. The fraction of sp³-hybridized carbons (Fsp3) is 0.523. The van der Waals surface area contributed by atoms with Gasteiger partial charge in [-0.3, -0.25) is 33.8 Å². The van der Waals surface area contributed by atoms with Crippen molar-refractivity contribution >= 4 is 212 Å². The number of carbonyl (C=O) groups excluding carboxylic acids is 6. The number of carbonyl (C=O) groups is 6. The van der Waals surface area contributed by atoms with Gasteiger partial charge in [0.25, 0.3) is 0 Å². The number of nitrogens with zero attached hydrogens (tertiary/aromatic N) is 9. The highest BCUT2D eigenvalue weighted by Crippen LogP contribution is 2.26. The van der Waals surface area contributed by atoms with Crippen molar-refractivity contribution in [2.75, 3.05) is 245 Å². The SMILES string of the molecule is CN(C)CCSSCCCNC(=O)Cc1ccc(Br)cc1.CN(C)CCSSCCN(C)C(=O)Cc1ccc(Br)cc1.CN(C)CCSSCCNC(=O)Cc1ccc(S(C)(=O)=O)cc1.CN(C)CCSSCCNC(=O)Cc1ccccc1.CN(C)CCSSCCNC(=O)Cc1cccnc1.[C-]#[N+]c1ccc(CC(=O)NCCCSSCCN(C)C)cc1. The number of nitrogens with one attached hydrogen (secondary N) is 5. The Morgan fingerprint density at radius 1 is 0.336 bits per heavy atom. The summed E-state index contributed by atoms with van der Waals surface area (Å²) >= 11 is 6.79. The molecule has 698 valence electrons. The third-order valence-corrected chi connectivity index (χ3v) is 32.8. The Kier molecular flexibility index (Phi) is 75.5. The molecule has 125 heavy (non-hydrogen) atoms. The van der Waals surface area contributed by atoms with Crippen molar-refractivity contribution in [3.05, 3.63) is 206 Å². The Labute approximate surface area is 814 Å². The van der Waals surface area contributed by atoms with E-state index in [9.17, 15) is 37.2 Å². The van der Waals surface area contributed by atoms with E-state index in [1.54, 1.807) is 58.2 Å². The van der Waals surface area contributed by atoms with Crippen LogP contribution in [0.4, 0.5) is 5.69 Å². The number of rotatable bonds is 57. The molecule has 6 rings (SSSR count). The van der Waals surface area contributed by atoms with Crippen molar-refractivity contribution in [2.45, 2.75) is 56.3 Å². The number of halogens is 2. The molecule has 5 N–H and O–H groups in total. The third kappa shape index (κ3) is 75.6. The molecule has 6 aromatic rings. The zero-order chi connectivity index (χ0) is 92.5. The quantitative estimate of drug-likeness (QED) is 0.0136. The number of hydrogen-bond acceptors (Lipinski definition) is 27. The minimum absolute atomic E-state index is 0.0424. The largest absolute Gasteiger partial charge is 0.356 e. The van der Waals surface area contributed by atoms with Crippen molar-refractivity contribution < 1.29 is 37.2 Å². The number of amides is 6. The zero-order valence-electron chi connectivity index (χ0n) is 75.4. The first-order valence-corrected chi connectivity index (χ1v) is 59.3. The predicted octanol–water partition coefficient (Wildman–Crippen LogP) is 15.7. The molecule has 0 aliphatic carbocycles. The maximum absolute atomic E-state index is 12.1. The van der Waals surface area contributed by atoms with E-state index in [1.807, 2.05) is 237 Å². The lowest BCUT2D eigenvalue weighted by molar-refractivity contribution is -0.129. The Balaban J connectivity index is 0.000000751. The molecular weight excluding hydrogens is 1960 g/mol. The van der Waals surface area contributed by atoms with E-state index in [0.717, 1.165) is 196 Å². The molecule has 0 spiro atoms. The molecule has 6 amide bonds. The summed E-state index contributed by atoms with van der Waals surface area (Å²) in [5.41, 5.74) is 6.47. The van der Waals surface area contributed by atoms with Gasteiger partial charge in [0.15, 0.2) is 15.5 Å². The lowest BCUT2D eigenvalue weighted by Crippen LogP contribution is -2.30. The van der Waals surface area contributed by atoms with Crippen LogP contribution in [0.1, 0.15) is 46.2 Å². The summed E-state index contributed by atoms with van der Waals surface area (Å²) in [6.07, 6.45) is 9.07. The highest BCUT2D eigenvalue weighted by Gasteiger charge is 2.13. The smallest absolute Gasteiger partial charge is 0.226 e. The highest BCUT2D eigenvalue weighted by molar-refractivity contribution is 9.10. The number of likely N-dealkylation sites (N-methyl/N-ethyl adjacent to an activating group) is 1. The van der Waals surface area contributed by atoms with Crippen molar-refractivity contribution in [1.29, 1.82) is 0 Å². The Morgan fingerprint density at radius 3 is 0.920 bits per heavy atom. The van der Waals surface area contributed by atoms with E-state index in [2.05, 4.69) is 168 Å². The van der Waals surface area contributed by atoms with Crippen molar-refractivity contribution in [1.82, 2.24) is 65.9 Å². The fourth-order valence-electron chi connectivity index (χ4n) is 9.13. The van der Waals surface area contributed by atoms with Crippen LogP contribution in [0.15, 0.2) is 166 Å². The van der Waals surface area contributed by atoms with Crippen LogP contribution in [0.3, 0.4) is 0 Å². The predicted molar refractivity (Wildman–Crippen MR) is 566 cm³/mol. The van der Waals surface area contributed by atoms with Crippen LogP contribution < -0.4 is 26.6 Å². The number of aromatic nitrogens is 1. The molecule has 0 atom stereocenters. The van der Waals surface area contributed by atoms with Gasteiger partial charge in [-0.05, 0) is 173 Å². The number of benzene rings is 5. The van der Waals surface area contributed by atoms with Gasteiger partial charge in [0, 0.05) is 182 Å². The van der Waals surface area contributed by atoms with E-state index >= 15 is 0 Å². The van der Waals surface area contributed by atoms with Gasteiger partial charge >= 0.3 is 0 Å². The van der Waals surface area contributed by atoms with Gasteiger partial charge in [-0.1, -0.05) is 258 Å². The molecule has 22 nitrogen and oxygen atoms in total. The molecule has 0 aliphatic rings. The Bertz CT molecular complexity index is 3850. The summed E-state index contributed by atoms with van der Waals surface area (Å²) in [4.78, 5) is 93.2. The van der Waals surface area contributed by atoms with Gasteiger partial charge < -0.3 is 60.9 Å². The molecule has 1 aromatic heterocycles. The third-order valence-electron chi connectivity index (χ3n) is 16.1. The second kappa shape index (κ2) is 79.0. The minimum Gasteiger partial charge on any atom is -0.356 e. The lowest BCUT2D eigenvalue weighted by Gasteiger charge is -2.17. The van der Waals surface area contributed by atoms with Crippen LogP contribution in [0.2, 0.25) is 0 Å². The fourth-order valence-corrected chi connectivity index (χ4v) is 23.0. The molecule has 5 aromatic carbocycles. The molecular formula is C88H136Br2N14O8S13. The minimum atomic E-state index is -3.19. The first kappa shape index (κ1) is 119. The maximum Gasteiger partial charge on any atom is 0.226 e. The molecule has 0 bridgehead atoms. The van der Waals surface area contributed by atoms with Gasteiger partial charge in [-0.25, -0.2) is 13.3 Å². The molecule has 37 heteroatoms. The van der Waals surface area contributed by atoms with E-state index in [1.165, 1.54) is 18.4 Å². The highest BCUT2D eigenvalue weighted by atomic mass is 79.9. The first-order valence-electron chi connectivity index (χ1n) is 40.9. The molecule has 0 saturated carbocycles. The van der Waals surface area contributed by atoms with E-state index in [0.29, 0.717) is 44.3 Å². The molecule has 1 heterocycles. The van der Waals surface area contributed by atoms with Crippen LogP contribution in [-0.2, 0) is 77.1 Å². The van der Waals surface area contributed by atoms with E-state index < -0.39 is 9.84 Å². The monoisotopic (exact) mass is 2090 g/mol. The van der Waals surface area contributed by atoms with Crippen molar-refractivity contribution in [2.24, 2.45) is 0 Å². The van der Waals surface area contributed by atoms with Crippen LogP contribution in [0, 0.1) is 6.57 Å². The van der Waals surface area contributed by atoms with Crippen LogP contribution in [0.25, 0.3) is 4.85 Å². The van der Waals surface area contributed by atoms with Gasteiger partial charge in [0.2, 0.25) is 35.4 Å².